The highest BCUT2D eigenvalue weighted by Gasteiger charge is 2.16. The Morgan fingerprint density at radius 3 is 2.58 bits per heavy atom. The van der Waals surface area contributed by atoms with Crippen LogP contribution in [-0.4, -0.2) is 26.8 Å². The first kappa shape index (κ1) is 22.2. The number of aryl methyl sites for hydroxylation is 2. The third kappa shape index (κ3) is 4.33. The summed E-state index contributed by atoms with van der Waals surface area (Å²) < 4.78 is 2.38. The maximum absolute atomic E-state index is 12.9. The lowest BCUT2D eigenvalue weighted by Gasteiger charge is -2.10. The number of aromatic amines is 1. The molecule has 3 aromatic rings. The molecule has 0 aliphatic heterocycles. The Kier molecular flexibility index (Phi) is 6.21. The summed E-state index contributed by atoms with van der Waals surface area (Å²) in [6.07, 6.45) is 1.26. The standard InChI is InChI=1S/C21H20BrN5O4/c1-11-5-6-15(9-19(11)27(30)31)20(28)24-23-10-16-14(4)25-26(21(16)29)18-8-7-17(22)12(2)13(18)3/h5-10,25H,1-4H3,(H,24,28). The summed E-state index contributed by atoms with van der Waals surface area (Å²) in [7, 11) is 0. The molecular weight excluding hydrogens is 466 g/mol. The van der Waals surface area contributed by atoms with E-state index in [-0.39, 0.29) is 22.4 Å². The molecular formula is C21H20BrN5O4. The smallest absolute Gasteiger partial charge is 0.280 e. The largest absolute Gasteiger partial charge is 0.295 e. The molecule has 3 rings (SSSR count). The predicted molar refractivity (Wildman–Crippen MR) is 121 cm³/mol. The number of hydrazone groups is 1. The Morgan fingerprint density at radius 2 is 1.90 bits per heavy atom. The van der Waals surface area contributed by atoms with Crippen molar-refractivity contribution < 1.29 is 9.72 Å². The van der Waals surface area contributed by atoms with Gasteiger partial charge in [0, 0.05) is 27.4 Å². The van der Waals surface area contributed by atoms with E-state index < -0.39 is 10.8 Å². The van der Waals surface area contributed by atoms with Crippen molar-refractivity contribution in [2.24, 2.45) is 5.10 Å². The minimum atomic E-state index is -0.618. The van der Waals surface area contributed by atoms with Crippen LogP contribution in [0.3, 0.4) is 0 Å². The van der Waals surface area contributed by atoms with Gasteiger partial charge < -0.3 is 0 Å². The number of aromatic nitrogens is 2. The summed E-state index contributed by atoms with van der Waals surface area (Å²) >= 11 is 3.48. The second kappa shape index (κ2) is 8.68. The van der Waals surface area contributed by atoms with Crippen LogP contribution in [0, 0.1) is 37.8 Å². The van der Waals surface area contributed by atoms with Crippen LogP contribution in [0.1, 0.15) is 38.3 Å². The summed E-state index contributed by atoms with van der Waals surface area (Å²) in [6.45, 7) is 7.20. The molecule has 0 spiro atoms. The molecule has 160 valence electrons. The van der Waals surface area contributed by atoms with Crippen LogP contribution < -0.4 is 11.0 Å². The fourth-order valence-electron chi connectivity index (χ4n) is 3.06. The highest BCUT2D eigenvalue weighted by molar-refractivity contribution is 9.10. The number of nitro groups is 1. The number of carbonyl (C=O) groups is 1. The van der Waals surface area contributed by atoms with Crippen molar-refractivity contribution in [1.29, 1.82) is 0 Å². The molecule has 0 radical (unpaired) electrons. The Balaban J connectivity index is 1.85. The van der Waals surface area contributed by atoms with E-state index in [4.69, 9.17) is 0 Å². The first-order valence-corrected chi connectivity index (χ1v) is 10.1. The molecule has 0 fully saturated rings. The van der Waals surface area contributed by atoms with Crippen LogP contribution in [0.5, 0.6) is 0 Å². The third-order valence-corrected chi connectivity index (χ3v) is 5.94. The Bertz CT molecular complexity index is 1290. The molecule has 0 bridgehead atoms. The SMILES string of the molecule is Cc1ccc(C(=O)NN=Cc2c(C)[nH]n(-c3ccc(Br)c(C)c3C)c2=O)cc1[N+](=O)[O-]. The van der Waals surface area contributed by atoms with Crippen molar-refractivity contribution >= 4 is 33.7 Å². The lowest BCUT2D eigenvalue weighted by atomic mass is 10.1. The normalized spacial score (nSPS) is 11.1. The minimum Gasteiger partial charge on any atom is -0.295 e. The van der Waals surface area contributed by atoms with Crippen molar-refractivity contribution in [3.63, 3.8) is 0 Å². The van der Waals surface area contributed by atoms with Crippen molar-refractivity contribution in [3.8, 4) is 5.69 Å². The number of nitrogens with one attached hydrogen (secondary N) is 2. The van der Waals surface area contributed by atoms with Crippen LogP contribution in [0.2, 0.25) is 0 Å². The topological polar surface area (TPSA) is 122 Å². The molecule has 2 N–H and O–H groups in total. The van der Waals surface area contributed by atoms with E-state index in [1.807, 2.05) is 26.0 Å². The second-order valence-corrected chi connectivity index (χ2v) is 7.92. The lowest BCUT2D eigenvalue weighted by Crippen LogP contribution is -2.21. The molecule has 0 aliphatic rings. The van der Waals surface area contributed by atoms with Gasteiger partial charge in [0.1, 0.15) is 0 Å². The van der Waals surface area contributed by atoms with Gasteiger partial charge in [-0.2, -0.15) is 5.10 Å². The molecule has 1 heterocycles. The van der Waals surface area contributed by atoms with Gasteiger partial charge in [-0.25, -0.2) is 10.1 Å². The van der Waals surface area contributed by atoms with Gasteiger partial charge in [0.05, 0.1) is 22.4 Å². The summed E-state index contributed by atoms with van der Waals surface area (Å²) in [5.41, 5.74) is 5.92. The molecule has 0 saturated heterocycles. The van der Waals surface area contributed by atoms with E-state index in [0.29, 0.717) is 16.9 Å². The van der Waals surface area contributed by atoms with Crippen molar-refractivity contribution in [2.45, 2.75) is 27.7 Å². The molecule has 31 heavy (non-hydrogen) atoms. The first-order valence-electron chi connectivity index (χ1n) is 9.28. The summed E-state index contributed by atoms with van der Waals surface area (Å²) in [4.78, 5) is 35.7. The fraction of sp³-hybridized carbons (Fsp3) is 0.190. The number of benzene rings is 2. The van der Waals surface area contributed by atoms with Crippen molar-refractivity contribution in [3.05, 3.63) is 88.8 Å². The quantitative estimate of drug-likeness (QED) is 0.323. The van der Waals surface area contributed by atoms with Gasteiger partial charge in [0.2, 0.25) is 0 Å². The van der Waals surface area contributed by atoms with Crippen molar-refractivity contribution in [2.75, 3.05) is 0 Å². The van der Waals surface area contributed by atoms with Gasteiger partial charge in [-0.3, -0.25) is 24.8 Å². The number of rotatable bonds is 5. The minimum absolute atomic E-state index is 0.0959. The Morgan fingerprint density at radius 1 is 1.19 bits per heavy atom. The zero-order valence-electron chi connectivity index (χ0n) is 17.3. The molecule has 0 aliphatic carbocycles. The monoisotopic (exact) mass is 485 g/mol. The van der Waals surface area contributed by atoms with E-state index in [9.17, 15) is 19.7 Å². The van der Waals surface area contributed by atoms with Gasteiger partial charge in [-0.1, -0.05) is 22.0 Å². The molecule has 0 unspecified atom stereocenters. The van der Waals surface area contributed by atoms with E-state index in [1.165, 1.54) is 29.1 Å². The van der Waals surface area contributed by atoms with Crippen LogP contribution in [0.25, 0.3) is 5.69 Å². The molecule has 1 aromatic heterocycles. The highest BCUT2D eigenvalue weighted by Crippen LogP contribution is 2.24. The van der Waals surface area contributed by atoms with E-state index in [1.54, 1.807) is 13.8 Å². The van der Waals surface area contributed by atoms with Crippen LogP contribution >= 0.6 is 15.9 Å². The summed E-state index contributed by atoms with van der Waals surface area (Å²) in [5, 5.41) is 17.9. The molecule has 2 aromatic carbocycles. The van der Waals surface area contributed by atoms with E-state index in [2.05, 4.69) is 31.6 Å². The van der Waals surface area contributed by atoms with Crippen LogP contribution in [0.4, 0.5) is 5.69 Å². The Hall–Kier alpha value is -3.53. The van der Waals surface area contributed by atoms with Gasteiger partial charge in [0.15, 0.2) is 0 Å². The molecule has 1 amide bonds. The van der Waals surface area contributed by atoms with E-state index in [0.717, 1.165) is 15.6 Å². The van der Waals surface area contributed by atoms with Gasteiger partial charge in [0.25, 0.3) is 17.2 Å². The molecule has 9 nitrogen and oxygen atoms in total. The zero-order valence-corrected chi connectivity index (χ0v) is 18.9. The predicted octanol–water partition coefficient (Wildman–Crippen LogP) is 3.83. The molecule has 10 heteroatoms. The fourth-order valence-corrected chi connectivity index (χ4v) is 3.49. The lowest BCUT2D eigenvalue weighted by molar-refractivity contribution is -0.385. The number of nitrogens with zero attached hydrogens (tertiary/aromatic N) is 3. The average molecular weight is 486 g/mol. The van der Waals surface area contributed by atoms with Crippen molar-refractivity contribution in [1.82, 2.24) is 15.2 Å². The maximum atomic E-state index is 12.9. The summed E-state index contributed by atoms with van der Waals surface area (Å²) in [5.74, 6) is -0.618. The van der Waals surface area contributed by atoms with Gasteiger partial charge in [-0.15, -0.1) is 0 Å². The second-order valence-electron chi connectivity index (χ2n) is 7.07. The third-order valence-electron chi connectivity index (χ3n) is 5.08. The number of halogens is 1. The first-order chi connectivity index (χ1) is 14.6. The number of nitro benzene ring substituents is 1. The number of hydrogen-bond acceptors (Lipinski definition) is 5. The molecule has 0 saturated carbocycles. The number of H-pyrrole nitrogens is 1. The number of amides is 1. The van der Waals surface area contributed by atoms with Crippen LogP contribution in [0.15, 0.2) is 44.7 Å². The average Bonchev–Trinajstić information content (AvgIpc) is 3.00. The summed E-state index contributed by atoms with van der Waals surface area (Å²) in [6, 6.07) is 7.85. The number of hydrogen-bond donors (Lipinski definition) is 2. The maximum Gasteiger partial charge on any atom is 0.280 e. The van der Waals surface area contributed by atoms with Crippen LogP contribution in [-0.2, 0) is 0 Å². The highest BCUT2D eigenvalue weighted by atomic mass is 79.9. The van der Waals surface area contributed by atoms with Gasteiger partial charge >= 0.3 is 0 Å². The van der Waals surface area contributed by atoms with E-state index >= 15 is 0 Å². The molecule has 0 atom stereocenters. The number of carbonyl (C=O) groups excluding carboxylic acids is 1. The zero-order chi connectivity index (χ0) is 22.9. The van der Waals surface area contributed by atoms with Gasteiger partial charge in [-0.05, 0) is 57.0 Å². The Labute approximate surface area is 186 Å².